The molecule has 8 nitrogen and oxygen atoms in total. The Morgan fingerprint density at radius 1 is 1.27 bits per heavy atom. The molecule has 0 spiro atoms. The number of nitrogens with zero attached hydrogens (tertiary/aromatic N) is 2. The first-order chi connectivity index (χ1) is 12.2. The van der Waals surface area contributed by atoms with Crippen molar-refractivity contribution in [1.29, 1.82) is 0 Å². The third kappa shape index (κ3) is 6.98. The predicted molar refractivity (Wildman–Crippen MR) is 103 cm³/mol. The summed E-state index contributed by atoms with van der Waals surface area (Å²) >= 11 is 2.22. The first-order valence-electron chi connectivity index (χ1n) is 8.14. The number of hydrogen-bond acceptors (Lipinski definition) is 5. The van der Waals surface area contributed by atoms with E-state index in [2.05, 4.69) is 38.5 Å². The van der Waals surface area contributed by atoms with Gasteiger partial charge in [0.05, 0.1) is 0 Å². The van der Waals surface area contributed by atoms with Gasteiger partial charge in [-0.1, -0.05) is 0 Å². The number of benzene rings is 1. The molecule has 0 aliphatic carbocycles. The third-order valence-electron chi connectivity index (χ3n) is 3.06. The van der Waals surface area contributed by atoms with Gasteiger partial charge >= 0.3 is 17.9 Å². The normalized spacial score (nSPS) is 11.1. The Morgan fingerprint density at radius 2 is 1.96 bits per heavy atom. The summed E-state index contributed by atoms with van der Waals surface area (Å²) in [6, 6.07) is 7.25. The van der Waals surface area contributed by atoms with Crippen molar-refractivity contribution in [3.05, 3.63) is 34.0 Å². The molecule has 0 saturated carbocycles. The monoisotopic (exact) mass is 473 g/mol. The molecule has 2 aromatic rings. The topological polar surface area (TPSA) is 97.3 Å². The van der Waals surface area contributed by atoms with Crippen LogP contribution in [0.4, 0.5) is 10.7 Å². The van der Waals surface area contributed by atoms with Crippen LogP contribution in [0.1, 0.15) is 33.6 Å². The summed E-state index contributed by atoms with van der Waals surface area (Å²) in [7, 11) is 0. The minimum Gasteiger partial charge on any atom is -0.460 e. The van der Waals surface area contributed by atoms with Gasteiger partial charge in [0.1, 0.15) is 5.60 Å². The first-order valence-corrected chi connectivity index (χ1v) is 9.22. The van der Waals surface area contributed by atoms with Crippen LogP contribution in [0.5, 0.6) is 0 Å². The molecule has 0 aliphatic heterocycles. The van der Waals surface area contributed by atoms with Crippen molar-refractivity contribution in [1.82, 2.24) is 10.6 Å². The number of ether oxygens (including phenoxy) is 1. The Kier molecular flexibility index (Phi) is 6.95. The molecule has 0 fully saturated rings. The summed E-state index contributed by atoms with van der Waals surface area (Å²) in [5.74, 6) is -0.0679. The molecule has 0 unspecified atom stereocenters. The number of hydrogen-bond donors (Lipinski definition) is 2. The Labute approximate surface area is 165 Å². The molecule has 140 valence electrons. The molecule has 1 aromatic carbocycles. The number of urea groups is 1. The number of rotatable bonds is 6. The minimum absolute atomic E-state index is 0.216. The van der Waals surface area contributed by atoms with Crippen molar-refractivity contribution in [2.45, 2.75) is 39.2 Å². The fourth-order valence-electron chi connectivity index (χ4n) is 2.00. The fraction of sp³-hybridized carbons (Fsp3) is 0.412. The van der Waals surface area contributed by atoms with E-state index in [0.717, 1.165) is 9.26 Å². The van der Waals surface area contributed by atoms with Crippen LogP contribution < -0.4 is 15.3 Å². The van der Waals surface area contributed by atoms with Gasteiger partial charge in [-0.15, -0.1) is 0 Å². The molecule has 0 bridgehead atoms. The second-order valence-corrected chi connectivity index (χ2v) is 7.80. The number of esters is 1. The van der Waals surface area contributed by atoms with Gasteiger partial charge in [0.15, 0.2) is 0 Å². The maximum Gasteiger partial charge on any atom is 0.321 e. The van der Waals surface area contributed by atoms with Crippen LogP contribution in [0.3, 0.4) is 0 Å². The summed E-state index contributed by atoms with van der Waals surface area (Å²) in [5, 5.41) is 9.06. The largest absolute Gasteiger partial charge is 0.460 e. The lowest BCUT2D eigenvalue weighted by Crippen LogP contribution is -2.32. The van der Waals surface area contributed by atoms with Crippen LogP contribution in [0.15, 0.2) is 35.0 Å². The molecule has 2 rings (SSSR count). The highest BCUT2D eigenvalue weighted by Crippen LogP contribution is 2.09. The van der Waals surface area contributed by atoms with Gasteiger partial charge in [0.2, 0.25) is 11.0 Å². The Bertz CT molecular complexity index is 753. The van der Waals surface area contributed by atoms with E-state index in [0.29, 0.717) is 13.0 Å². The van der Waals surface area contributed by atoms with Gasteiger partial charge in [-0.3, -0.25) is 14.6 Å². The summed E-state index contributed by atoms with van der Waals surface area (Å²) in [5.41, 5.74) is 0.320. The van der Waals surface area contributed by atoms with Crippen LogP contribution >= 0.6 is 22.6 Å². The van der Waals surface area contributed by atoms with Crippen LogP contribution in [0, 0.1) is 3.57 Å². The average molecular weight is 473 g/mol. The highest BCUT2D eigenvalue weighted by Gasteiger charge is 2.17. The van der Waals surface area contributed by atoms with Gasteiger partial charge in [-0.25, -0.2) is 4.79 Å². The van der Waals surface area contributed by atoms with E-state index in [9.17, 15) is 9.59 Å². The van der Waals surface area contributed by atoms with E-state index in [1.165, 1.54) is 4.68 Å². The van der Waals surface area contributed by atoms with Gasteiger partial charge in [-0.05, 0) is 66.6 Å². The van der Waals surface area contributed by atoms with Crippen molar-refractivity contribution in [2.24, 2.45) is 0 Å². The molecule has 2 amide bonds. The van der Waals surface area contributed by atoms with Crippen molar-refractivity contribution in [2.75, 3.05) is 11.9 Å². The van der Waals surface area contributed by atoms with Crippen LogP contribution in [-0.4, -0.2) is 29.4 Å². The molecule has 0 radical (unpaired) electrons. The zero-order valence-electron chi connectivity index (χ0n) is 14.9. The van der Waals surface area contributed by atoms with Gasteiger partial charge in [0.25, 0.3) is 6.20 Å². The van der Waals surface area contributed by atoms with Gasteiger partial charge in [-0.2, -0.15) is 0 Å². The lowest BCUT2D eigenvalue weighted by atomic mass is 10.2. The lowest BCUT2D eigenvalue weighted by molar-refractivity contribution is -0.670. The van der Waals surface area contributed by atoms with Crippen LogP contribution in [0.2, 0.25) is 0 Å². The van der Waals surface area contributed by atoms with Crippen LogP contribution in [-0.2, 0) is 9.53 Å². The third-order valence-corrected chi connectivity index (χ3v) is 3.78. The van der Waals surface area contributed by atoms with E-state index < -0.39 is 11.6 Å². The number of halogens is 1. The molecule has 1 heterocycles. The average Bonchev–Trinajstić information content (AvgIpc) is 2.99. The van der Waals surface area contributed by atoms with E-state index in [4.69, 9.17) is 9.26 Å². The van der Waals surface area contributed by atoms with Gasteiger partial charge in [0, 0.05) is 28.7 Å². The molecule has 0 atom stereocenters. The zero-order chi connectivity index (χ0) is 19.2. The standard InChI is InChI=1S/C17H21IN4O4/c1-17(2,3)25-15(23)5-4-10-19-16(24)20-14-11-22(21-26-14)13-8-6-12(18)7-9-13/h6-9,11H,4-5,10H2,1-3H3,(H-,19,20,21,24)/p+1. The Morgan fingerprint density at radius 3 is 2.62 bits per heavy atom. The second kappa shape index (κ2) is 8.97. The molecule has 9 heteroatoms. The van der Waals surface area contributed by atoms with Crippen molar-refractivity contribution in [3.63, 3.8) is 0 Å². The Balaban J connectivity index is 1.73. The molecule has 0 saturated heterocycles. The summed E-state index contributed by atoms with van der Waals surface area (Å²) in [4.78, 5) is 23.4. The zero-order valence-corrected chi connectivity index (χ0v) is 17.1. The molecule has 26 heavy (non-hydrogen) atoms. The van der Waals surface area contributed by atoms with Crippen molar-refractivity contribution < 1.29 is 23.5 Å². The molecular formula is C17H22IN4O4+. The van der Waals surface area contributed by atoms with E-state index in [1.807, 2.05) is 45.0 Å². The van der Waals surface area contributed by atoms with E-state index in [-0.39, 0.29) is 18.3 Å². The van der Waals surface area contributed by atoms with Crippen molar-refractivity contribution >= 4 is 40.5 Å². The summed E-state index contributed by atoms with van der Waals surface area (Å²) in [6.07, 6.45) is 2.30. The van der Waals surface area contributed by atoms with E-state index >= 15 is 0 Å². The van der Waals surface area contributed by atoms with Gasteiger partial charge < -0.3 is 10.1 Å². The molecular weight excluding hydrogens is 451 g/mol. The van der Waals surface area contributed by atoms with Crippen molar-refractivity contribution in [3.8, 4) is 5.69 Å². The maximum atomic E-state index is 11.8. The first kappa shape index (κ1) is 20.1. The molecule has 0 aliphatic rings. The lowest BCUT2D eigenvalue weighted by Gasteiger charge is -2.19. The predicted octanol–water partition coefficient (Wildman–Crippen LogP) is 2.80. The SMILES string of the molecule is CC(C)(C)OC(=O)CCCNC(=O)Nc1c[n+](-c2ccc(I)cc2)no1. The number of anilines is 1. The molecule has 1 aromatic heterocycles. The minimum atomic E-state index is -0.499. The van der Waals surface area contributed by atoms with E-state index in [1.54, 1.807) is 6.20 Å². The summed E-state index contributed by atoms with van der Waals surface area (Å²) < 4.78 is 12.9. The quantitative estimate of drug-likeness (QED) is 0.291. The number of carbonyl (C=O) groups excluding carboxylic acids is 2. The number of amides is 2. The highest BCUT2D eigenvalue weighted by molar-refractivity contribution is 14.1. The second-order valence-electron chi connectivity index (χ2n) is 6.56. The summed E-state index contributed by atoms with van der Waals surface area (Å²) in [6.45, 7) is 5.79. The number of carbonyl (C=O) groups is 2. The maximum absolute atomic E-state index is 11.8. The number of aromatic nitrogens is 2. The number of nitrogens with one attached hydrogen (secondary N) is 2. The highest BCUT2D eigenvalue weighted by atomic mass is 127. The molecule has 2 N–H and O–H groups in total. The smallest absolute Gasteiger partial charge is 0.321 e. The Hall–Kier alpha value is -2.17. The van der Waals surface area contributed by atoms with Crippen LogP contribution in [0.25, 0.3) is 5.69 Å². The fourth-order valence-corrected chi connectivity index (χ4v) is 2.36.